The summed E-state index contributed by atoms with van der Waals surface area (Å²) in [5.74, 6) is 1.78. The zero-order valence-corrected chi connectivity index (χ0v) is 23.8. The molecule has 0 saturated carbocycles. The number of thiophene rings is 1. The van der Waals surface area contributed by atoms with Crippen LogP contribution < -0.4 is 68.9 Å². The van der Waals surface area contributed by atoms with Gasteiger partial charge in [-0.3, -0.25) is 9.56 Å². The average Bonchev–Trinajstić information content (AvgIpc) is 3.03. The van der Waals surface area contributed by atoms with E-state index in [9.17, 15) is 0 Å². The Bertz CT molecular complexity index is 972. The number of aromatic nitrogens is 3. The number of halogens is 1. The standard InChI is InChI=1S/C18H17ClN4S.CH3.Cs/c1-9-11(3)24-18-15(9)16(13-5-7-14(19)8-6-13)20-10(2)17-22-21-12(4)23(17)18;;/h5-8,10H,1-4H3;1H3;/q;-1;+1/t10-;;/m0../s1. The fourth-order valence-electron chi connectivity index (χ4n) is 3.09. The second-order valence-corrected chi connectivity index (χ2v) is 7.70. The molecule has 3 heterocycles. The van der Waals surface area contributed by atoms with Crippen LogP contribution in [0.4, 0.5) is 0 Å². The van der Waals surface area contributed by atoms with Crippen molar-refractivity contribution in [2.75, 3.05) is 0 Å². The zero-order valence-electron chi connectivity index (χ0n) is 16.0. The number of fused-ring (bicyclic) bond motifs is 3. The topological polar surface area (TPSA) is 43.1 Å². The first-order chi connectivity index (χ1) is 11.5. The summed E-state index contributed by atoms with van der Waals surface area (Å²) in [6, 6.07) is 7.83. The number of hydrogen-bond donors (Lipinski definition) is 0. The van der Waals surface area contributed by atoms with Crippen LogP contribution in [-0.2, 0) is 0 Å². The molecule has 0 unspecified atom stereocenters. The van der Waals surface area contributed by atoms with Gasteiger partial charge in [0.15, 0.2) is 5.82 Å². The van der Waals surface area contributed by atoms with Crippen molar-refractivity contribution in [2.45, 2.75) is 33.7 Å². The summed E-state index contributed by atoms with van der Waals surface area (Å²) in [7, 11) is 0. The molecule has 26 heavy (non-hydrogen) atoms. The van der Waals surface area contributed by atoms with Crippen LogP contribution in [0.2, 0.25) is 5.02 Å². The first-order valence-corrected chi connectivity index (χ1v) is 9.03. The fourth-order valence-corrected chi connectivity index (χ4v) is 4.43. The van der Waals surface area contributed by atoms with Crippen LogP contribution in [0, 0.1) is 28.2 Å². The van der Waals surface area contributed by atoms with Gasteiger partial charge in [-0.05, 0) is 45.4 Å². The number of nitrogens with zero attached hydrogens (tertiary/aromatic N) is 4. The van der Waals surface area contributed by atoms with E-state index in [-0.39, 0.29) is 82.4 Å². The smallest absolute Gasteiger partial charge is 0.358 e. The summed E-state index contributed by atoms with van der Waals surface area (Å²) >= 11 is 7.83. The van der Waals surface area contributed by atoms with E-state index in [1.54, 1.807) is 11.3 Å². The molecule has 0 fully saturated rings. The number of rotatable bonds is 1. The third-order valence-corrected chi connectivity index (χ3v) is 5.91. The SMILES string of the molecule is Cc1sc2c(c1C)C(c1ccc(Cl)cc1)=N[C@@H](C)c1nnc(C)n1-2.[CH3-].[Cs+]. The fraction of sp³-hybridized carbons (Fsp3) is 0.263. The van der Waals surface area contributed by atoms with Crippen molar-refractivity contribution in [1.29, 1.82) is 0 Å². The second-order valence-electron chi connectivity index (χ2n) is 6.06. The number of hydrogen-bond acceptors (Lipinski definition) is 4. The summed E-state index contributed by atoms with van der Waals surface area (Å²) in [6.07, 6.45) is 0. The molecule has 4 nitrogen and oxygen atoms in total. The number of aryl methyl sites for hydroxylation is 2. The molecule has 0 amide bonds. The average molecular weight is 505 g/mol. The molecule has 0 bridgehead atoms. The minimum absolute atomic E-state index is 0. The number of benzene rings is 1. The minimum atomic E-state index is -0.0591. The zero-order chi connectivity index (χ0) is 17.0. The van der Waals surface area contributed by atoms with E-state index in [1.165, 1.54) is 16.0 Å². The molecular formula is C19H20ClCsN4S. The Morgan fingerprint density at radius 2 is 1.73 bits per heavy atom. The van der Waals surface area contributed by atoms with Crippen LogP contribution in [0.3, 0.4) is 0 Å². The minimum Gasteiger partial charge on any atom is -0.358 e. The largest absolute Gasteiger partial charge is 1.00 e. The normalized spacial score (nSPS) is 15.1. The first kappa shape index (κ1) is 22.4. The molecule has 0 radical (unpaired) electrons. The van der Waals surface area contributed by atoms with E-state index in [2.05, 4.69) is 35.5 Å². The van der Waals surface area contributed by atoms with Crippen molar-refractivity contribution in [3.8, 4) is 5.00 Å². The first-order valence-electron chi connectivity index (χ1n) is 7.83. The summed E-state index contributed by atoms with van der Waals surface area (Å²) in [5, 5.41) is 10.5. The van der Waals surface area contributed by atoms with Crippen molar-refractivity contribution in [3.63, 3.8) is 0 Å². The van der Waals surface area contributed by atoms with Crippen molar-refractivity contribution >= 4 is 28.6 Å². The van der Waals surface area contributed by atoms with E-state index in [0.29, 0.717) is 0 Å². The molecule has 130 valence electrons. The van der Waals surface area contributed by atoms with Crippen LogP contribution in [0.1, 0.15) is 46.2 Å². The Hall–Kier alpha value is 0.0719. The van der Waals surface area contributed by atoms with Crippen molar-refractivity contribution in [3.05, 3.63) is 69.9 Å². The van der Waals surface area contributed by atoms with Crippen molar-refractivity contribution in [1.82, 2.24) is 14.8 Å². The number of aliphatic imine (C=N–C) groups is 1. The maximum atomic E-state index is 6.06. The molecular weight excluding hydrogens is 485 g/mol. The van der Waals surface area contributed by atoms with Crippen LogP contribution in [0.25, 0.3) is 5.00 Å². The summed E-state index contributed by atoms with van der Waals surface area (Å²) in [5.41, 5.74) is 4.51. The molecule has 1 aromatic carbocycles. The van der Waals surface area contributed by atoms with E-state index < -0.39 is 0 Å². The van der Waals surface area contributed by atoms with Crippen molar-refractivity contribution in [2.24, 2.45) is 4.99 Å². The van der Waals surface area contributed by atoms with Gasteiger partial charge in [-0.15, -0.1) is 21.5 Å². The Morgan fingerprint density at radius 3 is 2.38 bits per heavy atom. The van der Waals surface area contributed by atoms with Gasteiger partial charge in [0.1, 0.15) is 16.9 Å². The Morgan fingerprint density at radius 1 is 1.08 bits per heavy atom. The summed E-state index contributed by atoms with van der Waals surface area (Å²) < 4.78 is 2.15. The van der Waals surface area contributed by atoms with Gasteiger partial charge in [0.25, 0.3) is 0 Å². The van der Waals surface area contributed by atoms with E-state index in [1.807, 2.05) is 31.2 Å². The predicted molar refractivity (Wildman–Crippen MR) is 105 cm³/mol. The molecule has 0 saturated heterocycles. The van der Waals surface area contributed by atoms with Gasteiger partial charge in [-0.1, -0.05) is 23.7 Å². The van der Waals surface area contributed by atoms with Crippen LogP contribution in [0.5, 0.6) is 0 Å². The van der Waals surface area contributed by atoms with Gasteiger partial charge >= 0.3 is 68.9 Å². The van der Waals surface area contributed by atoms with E-state index in [4.69, 9.17) is 16.6 Å². The van der Waals surface area contributed by atoms with E-state index >= 15 is 0 Å². The molecule has 1 aliphatic heterocycles. The van der Waals surface area contributed by atoms with E-state index in [0.717, 1.165) is 32.9 Å². The molecule has 0 aliphatic carbocycles. The Labute approximate surface area is 222 Å². The molecule has 3 aromatic rings. The van der Waals surface area contributed by atoms with Crippen LogP contribution in [0.15, 0.2) is 29.3 Å². The third kappa shape index (κ3) is 3.67. The molecule has 0 N–H and O–H groups in total. The van der Waals surface area contributed by atoms with Crippen LogP contribution >= 0.6 is 22.9 Å². The van der Waals surface area contributed by atoms with Gasteiger partial charge in [0.05, 0.1) is 5.71 Å². The summed E-state index contributed by atoms with van der Waals surface area (Å²) in [4.78, 5) is 6.29. The molecule has 1 atom stereocenters. The van der Waals surface area contributed by atoms with Gasteiger partial charge in [-0.25, -0.2) is 0 Å². The Balaban J connectivity index is 0.00000121. The monoisotopic (exact) mass is 504 g/mol. The van der Waals surface area contributed by atoms with Gasteiger partial charge in [0, 0.05) is 21.0 Å². The Kier molecular flexibility index (Phi) is 7.41. The molecule has 1 aliphatic rings. The van der Waals surface area contributed by atoms with Gasteiger partial charge in [-0.2, -0.15) is 0 Å². The van der Waals surface area contributed by atoms with Gasteiger partial charge in [0.2, 0.25) is 0 Å². The molecule has 7 heteroatoms. The van der Waals surface area contributed by atoms with Crippen LogP contribution in [-0.4, -0.2) is 20.5 Å². The molecule has 2 aromatic heterocycles. The molecule has 4 rings (SSSR count). The predicted octanol–water partition coefficient (Wildman–Crippen LogP) is 2.27. The summed E-state index contributed by atoms with van der Waals surface area (Å²) in [6.45, 7) is 8.36. The maximum absolute atomic E-state index is 6.06. The maximum Gasteiger partial charge on any atom is 1.00 e. The molecule has 0 spiro atoms. The third-order valence-electron chi connectivity index (χ3n) is 4.47. The van der Waals surface area contributed by atoms with Crippen molar-refractivity contribution < 1.29 is 68.9 Å². The quantitative estimate of drug-likeness (QED) is 0.477. The second kappa shape index (κ2) is 8.61. The van der Waals surface area contributed by atoms with Gasteiger partial charge < -0.3 is 7.43 Å².